The first-order valence-corrected chi connectivity index (χ1v) is 29.9. The lowest BCUT2D eigenvalue weighted by atomic mass is 9.97. The molecule has 17 aromatic rings. The van der Waals surface area contributed by atoms with Crippen molar-refractivity contribution in [1.29, 1.82) is 0 Å². The molecule has 0 spiro atoms. The predicted octanol–water partition coefficient (Wildman–Crippen LogP) is 23.2. The number of furan rings is 2. The van der Waals surface area contributed by atoms with E-state index in [4.69, 9.17) is 8.83 Å². The van der Waals surface area contributed by atoms with Gasteiger partial charge in [0.25, 0.3) is 0 Å². The molecule has 0 saturated heterocycles. The molecule has 13 aromatic carbocycles. The van der Waals surface area contributed by atoms with Crippen LogP contribution < -0.4 is 9.80 Å². The first-order chi connectivity index (χ1) is 42.3. The molecule has 86 heavy (non-hydrogen) atoms. The molecule has 0 atom stereocenters. The third kappa shape index (κ3) is 7.65. The van der Waals surface area contributed by atoms with E-state index in [9.17, 15) is 0 Å². The van der Waals surface area contributed by atoms with E-state index in [0.29, 0.717) is 11.8 Å². The van der Waals surface area contributed by atoms with Crippen molar-refractivity contribution >= 4 is 143 Å². The Hall–Kier alpha value is -10.8. The van der Waals surface area contributed by atoms with Crippen LogP contribution in [-0.2, 0) is 0 Å². The molecule has 0 N–H and O–H groups in total. The van der Waals surface area contributed by atoms with E-state index < -0.39 is 0 Å². The van der Waals surface area contributed by atoms with Gasteiger partial charge < -0.3 is 27.8 Å². The minimum atomic E-state index is 0.396. The quantitative estimate of drug-likeness (QED) is 0.137. The second-order valence-electron chi connectivity index (χ2n) is 23.6. The third-order valence-electron chi connectivity index (χ3n) is 18.0. The average molecular weight is 1110 g/mol. The standard InChI is InChI=1S/C80H58N4O2/c1-49(2)51-31-35-55(36-32-51)81(57-39-41-71-65(43-57)61-25-15-17-29-69(61)83(71)53-19-7-5-8-20-53)73-46-77-79(63-27-13-11-23-59(63)73)67-45-68-76(48-75(67)85-77)86-78-47-74(60-24-12-14-28-64(60)80(68)78)82(56-37-33-52(34-38-56)50(3)4)58-40-42-72-66(44-58)62-26-16-18-30-70(62)84(72)54-21-9-6-10-22-54/h5-50H,1-4H3. The van der Waals surface area contributed by atoms with Gasteiger partial charge >= 0.3 is 0 Å². The lowest BCUT2D eigenvalue weighted by Crippen LogP contribution is -2.11. The Balaban J connectivity index is 0.856. The average Bonchev–Trinajstić information content (AvgIpc) is 1.66. The molecule has 17 rings (SSSR count). The van der Waals surface area contributed by atoms with Crippen LogP contribution in [0.3, 0.4) is 0 Å². The molecule has 0 unspecified atom stereocenters. The van der Waals surface area contributed by atoms with Crippen LogP contribution in [0.25, 0.3) is 120 Å². The maximum absolute atomic E-state index is 7.15. The minimum absolute atomic E-state index is 0.396. The van der Waals surface area contributed by atoms with Gasteiger partial charge in [0.15, 0.2) is 0 Å². The Labute approximate surface area is 497 Å². The molecular weight excluding hydrogens is 1050 g/mol. The zero-order chi connectivity index (χ0) is 57.3. The van der Waals surface area contributed by atoms with Crippen molar-refractivity contribution in [2.45, 2.75) is 39.5 Å². The van der Waals surface area contributed by atoms with Crippen LogP contribution in [-0.4, -0.2) is 9.13 Å². The predicted molar refractivity (Wildman–Crippen MR) is 362 cm³/mol. The van der Waals surface area contributed by atoms with Crippen molar-refractivity contribution in [3.63, 3.8) is 0 Å². The second kappa shape index (κ2) is 19.4. The summed E-state index contributed by atoms with van der Waals surface area (Å²) in [7, 11) is 0. The molecule has 4 heterocycles. The summed E-state index contributed by atoms with van der Waals surface area (Å²) in [5.41, 5.74) is 19.0. The van der Waals surface area contributed by atoms with Gasteiger partial charge in [-0.25, -0.2) is 0 Å². The van der Waals surface area contributed by atoms with Crippen LogP contribution in [0.5, 0.6) is 0 Å². The summed E-state index contributed by atoms with van der Waals surface area (Å²) in [6.45, 7) is 9.01. The Morgan fingerprint density at radius 3 is 1.02 bits per heavy atom. The number of rotatable bonds is 10. The van der Waals surface area contributed by atoms with Gasteiger partial charge in [-0.2, -0.15) is 0 Å². The van der Waals surface area contributed by atoms with E-state index >= 15 is 0 Å². The van der Waals surface area contributed by atoms with Gasteiger partial charge in [0.2, 0.25) is 0 Å². The number of hydrogen-bond donors (Lipinski definition) is 0. The molecule has 6 nitrogen and oxygen atoms in total. The number of fused-ring (bicyclic) bond motifs is 16. The number of benzene rings is 13. The highest BCUT2D eigenvalue weighted by Crippen LogP contribution is 2.50. The first-order valence-electron chi connectivity index (χ1n) is 29.9. The van der Waals surface area contributed by atoms with Gasteiger partial charge in [0.05, 0.1) is 33.4 Å². The molecule has 410 valence electrons. The van der Waals surface area contributed by atoms with Crippen molar-refractivity contribution < 1.29 is 8.83 Å². The molecular formula is C80H58N4O2. The highest BCUT2D eigenvalue weighted by atomic mass is 16.3. The Kier molecular flexibility index (Phi) is 11.2. The zero-order valence-electron chi connectivity index (χ0n) is 48.2. The molecule has 0 bridgehead atoms. The summed E-state index contributed by atoms with van der Waals surface area (Å²) in [5.74, 6) is 0.792. The number of anilines is 6. The normalized spacial score (nSPS) is 12.2. The summed E-state index contributed by atoms with van der Waals surface area (Å²) in [5, 5.41) is 13.5. The van der Waals surface area contributed by atoms with Crippen LogP contribution in [0.2, 0.25) is 0 Å². The van der Waals surface area contributed by atoms with Crippen molar-refractivity contribution in [3.8, 4) is 11.4 Å². The number of aromatic nitrogens is 2. The highest BCUT2D eigenvalue weighted by Gasteiger charge is 2.26. The lowest BCUT2D eigenvalue weighted by molar-refractivity contribution is 0.656. The Morgan fingerprint density at radius 1 is 0.267 bits per heavy atom. The highest BCUT2D eigenvalue weighted by molar-refractivity contribution is 6.28. The van der Waals surface area contributed by atoms with Crippen LogP contribution in [0, 0.1) is 0 Å². The van der Waals surface area contributed by atoms with Crippen molar-refractivity contribution in [1.82, 2.24) is 9.13 Å². The van der Waals surface area contributed by atoms with E-state index in [0.717, 1.165) is 122 Å². The molecule has 6 heteroatoms. The first kappa shape index (κ1) is 49.8. The van der Waals surface area contributed by atoms with Crippen LogP contribution in [0.1, 0.15) is 50.7 Å². The van der Waals surface area contributed by atoms with E-state index in [-0.39, 0.29) is 0 Å². The van der Waals surface area contributed by atoms with E-state index in [2.05, 4.69) is 314 Å². The van der Waals surface area contributed by atoms with Crippen LogP contribution >= 0.6 is 0 Å². The number of hydrogen-bond acceptors (Lipinski definition) is 4. The van der Waals surface area contributed by atoms with Gasteiger partial charge in [-0.05, 0) is 137 Å². The smallest absolute Gasteiger partial charge is 0.139 e. The zero-order valence-corrected chi connectivity index (χ0v) is 48.2. The number of para-hydroxylation sites is 4. The molecule has 0 fully saturated rings. The summed E-state index contributed by atoms with van der Waals surface area (Å²) < 4.78 is 19.0. The van der Waals surface area contributed by atoms with Gasteiger partial charge in [0, 0.05) is 106 Å². The molecule has 0 aliphatic heterocycles. The summed E-state index contributed by atoms with van der Waals surface area (Å²) in [4.78, 5) is 4.83. The fourth-order valence-electron chi connectivity index (χ4n) is 13.9. The number of nitrogens with zero attached hydrogens (tertiary/aromatic N) is 4. The van der Waals surface area contributed by atoms with Gasteiger partial charge in [-0.3, -0.25) is 0 Å². The SMILES string of the molecule is CC(C)c1ccc(N(c2ccc3c(c2)c2ccccc2n3-c2ccccc2)c2cc3oc4cc5oc6cc(N(c7ccc(C(C)C)cc7)c7ccc8c(c7)c7ccccc7n8-c7ccccc7)c7ccccc7c6c5cc4c3c3ccccc23)cc1. The fourth-order valence-corrected chi connectivity index (χ4v) is 13.9. The maximum Gasteiger partial charge on any atom is 0.139 e. The van der Waals surface area contributed by atoms with Crippen molar-refractivity contribution in [2.24, 2.45) is 0 Å². The Bertz CT molecular complexity index is 5190. The van der Waals surface area contributed by atoms with Gasteiger partial charge in [-0.1, -0.05) is 173 Å². The summed E-state index contributed by atoms with van der Waals surface area (Å²) in [6, 6.07) is 97.5. The molecule has 0 radical (unpaired) electrons. The summed E-state index contributed by atoms with van der Waals surface area (Å²) >= 11 is 0. The largest absolute Gasteiger partial charge is 0.456 e. The third-order valence-corrected chi connectivity index (χ3v) is 18.0. The molecule has 0 aliphatic carbocycles. The van der Waals surface area contributed by atoms with E-state index in [1.807, 2.05) is 0 Å². The second-order valence-corrected chi connectivity index (χ2v) is 23.6. The lowest BCUT2D eigenvalue weighted by Gasteiger charge is -2.27. The topological polar surface area (TPSA) is 42.6 Å². The van der Waals surface area contributed by atoms with Crippen molar-refractivity contribution in [2.75, 3.05) is 9.80 Å². The van der Waals surface area contributed by atoms with Crippen LogP contribution in [0.4, 0.5) is 34.1 Å². The molecule has 0 aliphatic rings. The fraction of sp³-hybridized carbons (Fsp3) is 0.0750. The molecule has 0 saturated carbocycles. The van der Waals surface area contributed by atoms with E-state index in [1.54, 1.807) is 0 Å². The van der Waals surface area contributed by atoms with Gasteiger partial charge in [-0.15, -0.1) is 0 Å². The van der Waals surface area contributed by atoms with Gasteiger partial charge in [0.1, 0.15) is 22.3 Å². The monoisotopic (exact) mass is 1110 g/mol. The minimum Gasteiger partial charge on any atom is -0.456 e. The molecule has 4 aromatic heterocycles. The van der Waals surface area contributed by atoms with Crippen LogP contribution in [0.15, 0.2) is 276 Å². The van der Waals surface area contributed by atoms with E-state index in [1.165, 1.54) is 43.7 Å². The maximum atomic E-state index is 7.15. The molecule has 0 amide bonds. The summed E-state index contributed by atoms with van der Waals surface area (Å²) in [6.07, 6.45) is 0. The van der Waals surface area contributed by atoms with Crippen molar-refractivity contribution in [3.05, 3.63) is 278 Å². The Morgan fingerprint density at radius 2 is 0.616 bits per heavy atom.